The zero-order chi connectivity index (χ0) is 13.8. The summed E-state index contributed by atoms with van der Waals surface area (Å²) in [4.78, 5) is 11.3. The molecule has 1 aromatic carbocycles. The van der Waals surface area contributed by atoms with Crippen LogP contribution in [0.2, 0.25) is 0 Å². The normalized spacial score (nSPS) is 11.3. The predicted octanol–water partition coefficient (Wildman–Crippen LogP) is 0.754. The minimum Gasteiger partial charge on any atom is -0.351 e. The second-order valence-electron chi connectivity index (χ2n) is 3.65. The summed E-state index contributed by atoms with van der Waals surface area (Å²) >= 11 is 3.13. The highest BCUT2D eigenvalue weighted by Crippen LogP contribution is 2.14. The highest BCUT2D eigenvalue weighted by molar-refractivity contribution is 9.10. The van der Waals surface area contributed by atoms with Crippen molar-refractivity contribution >= 4 is 31.9 Å². The second-order valence-corrected chi connectivity index (χ2v) is 6.40. The number of benzene rings is 1. The molecule has 0 aliphatic heterocycles. The molecule has 0 saturated carbocycles. The van der Waals surface area contributed by atoms with E-state index in [0.29, 0.717) is 10.0 Å². The Bertz CT molecular complexity index is 528. The van der Waals surface area contributed by atoms with E-state index in [-0.39, 0.29) is 13.1 Å². The number of carbonyl (C=O) groups excluding carboxylic acids is 1. The Labute approximate surface area is 113 Å². The number of amides is 1. The van der Waals surface area contributed by atoms with Gasteiger partial charge in [-0.1, -0.05) is 15.9 Å². The van der Waals surface area contributed by atoms with E-state index in [4.69, 9.17) is 0 Å². The monoisotopic (exact) mass is 338 g/mol. The van der Waals surface area contributed by atoms with E-state index in [0.717, 1.165) is 6.26 Å². The van der Waals surface area contributed by atoms with Crippen molar-refractivity contribution in [2.45, 2.75) is 6.54 Å². The van der Waals surface area contributed by atoms with Gasteiger partial charge in [0.25, 0.3) is 0 Å². The van der Waals surface area contributed by atoms with Crippen LogP contribution in [0.15, 0.2) is 22.7 Å². The first-order chi connectivity index (χ1) is 8.26. The second kappa shape index (κ2) is 6.26. The molecule has 0 bridgehead atoms. The van der Waals surface area contributed by atoms with Crippen molar-refractivity contribution in [1.29, 1.82) is 0 Å². The molecule has 100 valence electrons. The van der Waals surface area contributed by atoms with Gasteiger partial charge >= 0.3 is 0 Å². The molecule has 0 fully saturated rings. The minimum absolute atomic E-state index is 0.126. The van der Waals surface area contributed by atoms with Crippen LogP contribution in [0.4, 0.5) is 4.39 Å². The number of halogens is 2. The van der Waals surface area contributed by atoms with Crippen molar-refractivity contribution < 1.29 is 17.6 Å². The summed E-state index contributed by atoms with van der Waals surface area (Å²) in [6.07, 6.45) is 0.962. The predicted molar refractivity (Wildman–Crippen MR) is 68.8 cm³/mol. The van der Waals surface area contributed by atoms with Gasteiger partial charge in [-0.2, -0.15) is 0 Å². The van der Waals surface area contributed by atoms with Crippen molar-refractivity contribution in [2.75, 3.05) is 12.8 Å². The Balaban J connectivity index is 2.47. The van der Waals surface area contributed by atoms with Crippen LogP contribution in [0, 0.1) is 5.82 Å². The number of carbonyl (C=O) groups is 1. The van der Waals surface area contributed by atoms with Gasteiger partial charge in [0.15, 0.2) is 0 Å². The molecule has 18 heavy (non-hydrogen) atoms. The van der Waals surface area contributed by atoms with Gasteiger partial charge in [0.1, 0.15) is 5.82 Å². The molecule has 8 heteroatoms. The molecule has 0 unspecified atom stereocenters. The van der Waals surface area contributed by atoms with E-state index in [9.17, 15) is 17.6 Å². The van der Waals surface area contributed by atoms with E-state index < -0.39 is 21.7 Å². The Kier molecular flexibility index (Phi) is 5.24. The summed E-state index contributed by atoms with van der Waals surface area (Å²) in [6.45, 7) is -0.212. The molecule has 1 amide bonds. The van der Waals surface area contributed by atoms with Crippen LogP contribution < -0.4 is 10.0 Å². The summed E-state index contributed by atoms with van der Waals surface area (Å²) in [7, 11) is -3.39. The van der Waals surface area contributed by atoms with Gasteiger partial charge in [-0.3, -0.25) is 4.79 Å². The third-order valence-electron chi connectivity index (χ3n) is 1.91. The molecule has 1 aromatic rings. The quantitative estimate of drug-likeness (QED) is 0.832. The lowest BCUT2D eigenvalue weighted by Crippen LogP contribution is -2.36. The van der Waals surface area contributed by atoms with E-state index >= 15 is 0 Å². The first-order valence-corrected chi connectivity index (χ1v) is 7.61. The van der Waals surface area contributed by atoms with Crippen molar-refractivity contribution in [3.63, 3.8) is 0 Å². The maximum atomic E-state index is 13.0. The van der Waals surface area contributed by atoms with Gasteiger partial charge in [-0.05, 0) is 23.8 Å². The highest BCUT2D eigenvalue weighted by atomic mass is 79.9. The number of hydrogen-bond donors (Lipinski definition) is 2. The third-order valence-corrected chi connectivity index (χ3v) is 3.03. The molecule has 0 heterocycles. The lowest BCUT2D eigenvalue weighted by Gasteiger charge is -2.06. The number of hydrogen-bond acceptors (Lipinski definition) is 3. The molecular weight excluding hydrogens is 327 g/mol. The van der Waals surface area contributed by atoms with Crippen molar-refractivity contribution in [1.82, 2.24) is 10.0 Å². The lowest BCUT2D eigenvalue weighted by atomic mass is 10.2. The van der Waals surface area contributed by atoms with Gasteiger partial charge < -0.3 is 5.32 Å². The van der Waals surface area contributed by atoms with Crippen LogP contribution >= 0.6 is 15.9 Å². The van der Waals surface area contributed by atoms with E-state index in [1.807, 2.05) is 0 Å². The van der Waals surface area contributed by atoms with Crippen LogP contribution in [-0.4, -0.2) is 27.1 Å². The van der Waals surface area contributed by atoms with Crippen LogP contribution in [0.1, 0.15) is 5.56 Å². The first kappa shape index (κ1) is 15.1. The molecule has 0 aliphatic rings. The van der Waals surface area contributed by atoms with Crippen molar-refractivity contribution in [3.05, 3.63) is 34.1 Å². The van der Waals surface area contributed by atoms with Gasteiger partial charge in [0.2, 0.25) is 15.9 Å². The fourth-order valence-electron chi connectivity index (χ4n) is 1.17. The van der Waals surface area contributed by atoms with Crippen molar-refractivity contribution in [2.24, 2.45) is 0 Å². The molecule has 0 spiro atoms. The summed E-state index contributed by atoms with van der Waals surface area (Å²) in [5.74, 6) is -0.899. The number of sulfonamides is 1. The topological polar surface area (TPSA) is 75.3 Å². The van der Waals surface area contributed by atoms with Crippen LogP contribution in [0.25, 0.3) is 0 Å². The van der Waals surface area contributed by atoms with E-state index in [1.54, 1.807) is 6.07 Å². The van der Waals surface area contributed by atoms with Crippen LogP contribution in [0.5, 0.6) is 0 Å². The Morgan fingerprint density at radius 3 is 2.61 bits per heavy atom. The average molecular weight is 339 g/mol. The zero-order valence-corrected chi connectivity index (χ0v) is 11.9. The fourth-order valence-corrected chi connectivity index (χ4v) is 2.08. The third kappa shape index (κ3) is 6.08. The molecular formula is C10H12BrFN2O3S. The summed E-state index contributed by atoms with van der Waals surface area (Å²) in [6, 6.07) is 4.25. The highest BCUT2D eigenvalue weighted by Gasteiger charge is 2.06. The largest absolute Gasteiger partial charge is 0.351 e. The minimum atomic E-state index is -3.39. The smallest absolute Gasteiger partial charge is 0.235 e. The maximum absolute atomic E-state index is 13.0. The fraction of sp³-hybridized carbons (Fsp3) is 0.300. The molecule has 0 aromatic heterocycles. The molecule has 0 aliphatic carbocycles. The van der Waals surface area contributed by atoms with Crippen molar-refractivity contribution in [3.8, 4) is 0 Å². The summed E-state index contributed by atoms with van der Waals surface area (Å²) in [5.41, 5.74) is 0.578. The van der Waals surface area contributed by atoms with Gasteiger partial charge in [0.05, 0.1) is 12.8 Å². The van der Waals surface area contributed by atoms with Gasteiger partial charge in [0, 0.05) is 11.0 Å². The number of nitrogens with one attached hydrogen (secondary N) is 2. The standard InChI is InChI=1S/C10H12BrFN2O3S/c1-18(16,17)14-6-10(15)13-5-7-2-8(11)4-9(12)3-7/h2-4,14H,5-6H2,1H3,(H,13,15). The van der Waals surface area contributed by atoms with Crippen LogP contribution in [0.3, 0.4) is 0 Å². The van der Waals surface area contributed by atoms with E-state index in [1.165, 1.54) is 12.1 Å². The summed E-state index contributed by atoms with van der Waals surface area (Å²) in [5, 5.41) is 2.47. The maximum Gasteiger partial charge on any atom is 0.235 e. The molecule has 0 atom stereocenters. The summed E-state index contributed by atoms with van der Waals surface area (Å²) < 4.78 is 37.2. The van der Waals surface area contributed by atoms with Gasteiger partial charge in [-0.15, -0.1) is 0 Å². The molecule has 2 N–H and O–H groups in total. The van der Waals surface area contributed by atoms with Gasteiger partial charge in [-0.25, -0.2) is 17.5 Å². The zero-order valence-electron chi connectivity index (χ0n) is 9.54. The molecule has 1 rings (SSSR count). The first-order valence-electron chi connectivity index (χ1n) is 4.92. The Hall–Kier alpha value is -0.990. The average Bonchev–Trinajstić information content (AvgIpc) is 2.21. The molecule has 5 nitrogen and oxygen atoms in total. The lowest BCUT2D eigenvalue weighted by molar-refractivity contribution is -0.120. The van der Waals surface area contributed by atoms with E-state index in [2.05, 4.69) is 26.0 Å². The SMILES string of the molecule is CS(=O)(=O)NCC(=O)NCc1cc(F)cc(Br)c1. The molecule has 0 saturated heterocycles. The molecule has 0 radical (unpaired) electrons. The Morgan fingerprint density at radius 2 is 2.06 bits per heavy atom. The van der Waals surface area contributed by atoms with Crippen LogP contribution in [-0.2, 0) is 21.4 Å². The number of rotatable bonds is 5. The Morgan fingerprint density at radius 1 is 1.39 bits per heavy atom.